The minimum Gasteiger partial charge on any atom is -0.258 e. The van der Waals surface area contributed by atoms with Gasteiger partial charge in [-0.15, -0.1) is 0 Å². The molecule has 0 aromatic heterocycles. The first-order valence-corrected chi connectivity index (χ1v) is 5.01. The molecule has 0 N–H and O–H groups in total. The number of benzene rings is 1. The maximum absolute atomic E-state index is 10.6. The van der Waals surface area contributed by atoms with Crippen LogP contribution in [0.5, 0.6) is 0 Å². The average molecular weight is 322 g/mol. The molecule has 0 saturated carbocycles. The second-order valence-electron chi connectivity index (χ2n) is 2.49. The quantitative estimate of drug-likeness (QED) is 0.477. The van der Waals surface area contributed by atoms with Crippen molar-refractivity contribution >= 4 is 39.9 Å². The molecule has 0 atom stereocenters. The summed E-state index contributed by atoms with van der Waals surface area (Å²) in [5.74, 6) is 0. The van der Waals surface area contributed by atoms with E-state index in [1.807, 2.05) is 28.7 Å². The first kappa shape index (κ1) is 11.2. The Hall–Kier alpha value is -0.870. The van der Waals surface area contributed by atoms with Crippen molar-refractivity contribution < 1.29 is 4.92 Å². The number of hydrogen-bond donors (Lipinski definition) is 0. The third kappa shape index (κ3) is 2.33. The third-order valence-corrected chi connectivity index (χ3v) is 2.47. The first-order chi connectivity index (χ1) is 6.56. The van der Waals surface area contributed by atoms with Crippen LogP contribution in [0.1, 0.15) is 5.56 Å². The van der Waals surface area contributed by atoms with Gasteiger partial charge in [0.1, 0.15) is 5.02 Å². The topological polar surface area (TPSA) is 66.9 Å². The van der Waals surface area contributed by atoms with E-state index in [0.717, 1.165) is 3.57 Å². The molecule has 0 unspecified atom stereocenters. The van der Waals surface area contributed by atoms with Crippen molar-refractivity contribution in [2.24, 2.45) is 0 Å². The van der Waals surface area contributed by atoms with Crippen LogP contribution in [0.25, 0.3) is 0 Å². The van der Waals surface area contributed by atoms with Gasteiger partial charge in [-0.2, -0.15) is 5.26 Å². The van der Waals surface area contributed by atoms with Crippen LogP contribution >= 0.6 is 34.2 Å². The average Bonchev–Trinajstić information content (AvgIpc) is 2.01. The summed E-state index contributed by atoms with van der Waals surface area (Å²) in [6.07, 6.45) is -0.00707. The molecular formula is C8H4ClIN2O2. The SMILES string of the molecule is N#CCc1cc(I)cc(Cl)c1[N+](=O)[O-]. The summed E-state index contributed by atoms with van der Waals surface area (Å²) in [4.78, 5) is 10.1. The molecular weight excluding hydrogens is 318 g/mol. The van der Waals surface area contributed by atoms with Gasteiger partial charge in [-0.25, -0.2) is 0 Å². The monoisotopic (exact) mass is 322 g/mol. The molecule has 1 aromatic carbocycles. The van der Waals surface area contributed by atoms with E-state index in [0.29, 0.717) is 5.56 Å². The Morgan fingerprint density at radius 3 is 2.79 bits per heavy atom. The smallest absolute Gasteiger partial charge is 0.258 e. The second kappa shape index (κ2) is 4.57. The highest BCUT2D eigenvalue weighted by molar-refractivity contribution is 14.1. The summed E-state index contributed by atoms with van der Waals surface area (Å²) in [7, 11) is 0. The molecule has 0 bridgehead atoms. The van der Waals surface area contributed by atoms with Crippen molar-refractivity contribution in [3.63, 3.8) is 0 Å². The number of nitro benzene ring substituents is 1. The summed E-state index contributed by atoms with van der Waals surface area (Å²) in [6, 6.07) is 4.96. The molecule has 0 amide bonds. The molecule has 0 aliphatic heterocycles. The first-order valence-electron chi connectivity index (χ1n) is 3.55. The van der Waals surface area contributed by atoms with Crippen LogP contribution in [0.2, 0.25) is 5.02 Å². The molecule has 14 heavy (non-hydrogen) atoms. The predicted molar refractivity (Wildman–Crippen MR) is 60.1 cm³/mol. The van der Waals surface area contributed by atoms with Crippen LogP contribution < -0.4 is 0 Å². The lowest BCUT2D eigenvalue weighted by molar-refractivity contribution is -0.385. The van der Waals surface area contributed by atoms with Gasteiger partial charge in [0.2, 0.25) is 0 Å². The van der Waals surface area contributed by atoms with Gasteiger partial charge in [0, 0.05) is 9.13 Å². The summed E-state index contributed by atoms with van der Waals surface area (Å²) < 4.78 is 0.781. The van der Waals surface area contributed by atoms with Gasteiger partial charge in [0.15, 0.2) is 0 Å². The molecule has 0 aliphatic carbocycles. The molecule has 0 saturated heterocycles. The lowest BCUT2D eigenvalue weighted by Crippen LogP contribution is -1.96. The van der Waals surface area contributed by atoms with Gasteiger partial charge in [-0.3, -0.25) is 10.1 Å². The van der Waals surface area contributed by atoms with Crippen LogP contribution in [0.4, 0.5) is 5.69 Å². The molecule has 0 heterocycles. The molecule has 4 nitrogen and oxygen atoms in total. The number of rotatable bonds is 2. The summed E-state index contributed by atoms with van der Waals surface area (Å²) in [6.45, 7) is 0. The maximum atomic E-state index is 10.6. The van der Waals surface area contributed by atoms with Gasteiger partial charge >= 0.3 is 0 Å². The predicted octanol–water partition coefficient (Wildman–Crippen LogP) is 2.92. The fourth-order valence-electron chi connectivity index (χ4n) is 1.04. The van der Waals surface area contributed by atoms with E-state index in [1.54, 1.807) is 6.07 Å². The standard InChI is InChI=1S/C8H4ClIN2O2/c9-7-4-6(10)3-5(1-2-11)8(7)12(13)14/h3-4H,1H2. The molecule has 1 rings (SSSR count). The zero-order valence-corrected chi connectivity index (χ0v) is 9.74. The van der Waals surface area contributed by atoms with Crippen LogP contribution in [-0.2, 0) is 6.42 Å². The molecule has 0 fully saturated rings. The van der Waals surface area contributed by atoms with Crippen molar-refractivity contribution in [2.45, 2.75) is 6.42 Å². The summed E-state index contributed by atoms with van der Waals surface area (Å²) >= 11 is 7.70. The third-order valence-electron chi connectivity index (χ3n) is 1.56. The highest BCUT2D eigenvalue weighted by Crippen LogP contribution is 2.30. The summed E-state index contributed by atoms with van der Waals surface area (Å²) in [5, 5.41) is 19.2. The van der Waals surface area contributed by atoms with Gasteiger partial charge in [-0.05, 0) is 34.7 Å². The normalized spacial score (nSPS) is 9.50. The number of hydrogen-bond acceptors (Lipinski definition) is 3. The van der Waals surface area contributed by atoms with Gasteiger partial charge in [-0.1, -0.05) is 11.6 Å². The van der Waals surface area contributed by atoms with E-state index in [4.69, 9.17) is 16.9 Å². The van der Waals surface area contributed by atoms with Crippen molar-refractivity contribution in [2.75, 3.05) is 0 Å². The zero-order chi connectivity index (χ0) is 10.7. The van der Waals surface area contributed by atoms with E-state index in [9.17, 15) is 10.1 Å². The van der Waals surface area contributed by atoms with E-state index in [1.165, 1.54) is 6.07 Å². The number of nitrogens with zero attached hydrogens (tertiary/aromatic N) is 2. The number of halogens is 2. The van der Waals surface area contributed by atoms with E-state index in [2.05, 4.69) is 0 Å². The fraction of sp³-hybridized carbons (Fsp3) is 0.125. The Kier molecular flexibility index (Phi) is 3.66. The van der Waals surface area contributed by atoms with Gasteiger partial charge in [0.05, 0.1) is 17.4 Å². The molecule has 72 valence electrons. The zero-order valence-electron chi connectivity index (χ0n) is 6.83. The van der Waals surface area contributed by atoms with Crippen molar-refractivity contribution in [3.8, 4) is 6.07 Å². The Labute approximate surface area is 98.8 Å². The fourth-order valence-corrected chi connectivity index (χ4v) is 2.22. The molecule has 0 spiro atoms. The Bertz CT molecular complexity index is 428. The minimum absolute atomic E-state index is 0.00707. The van der Waals surface area contributed by atoms with Crippen molar-refractivity contribution in [1.29, 1.82) is 5.26 Å². The lowest BCUT2D eigenvalue weighted by Gasteiger charge is -2.01. The van der Waals surface area contributed by atoms with Crippen LogP contribution in [-0.4, -0.2) is 4.92 Å². The van der Waals surface area contributed by atoms with E-state index >= 15 is 0 Å². The van der Waals surface area contributed by atoms with Gasteiger partial charge < -0.3 is 0 Å². The Morgan fingerprint density at radius 2 is 2.29 bits per heavy atom. The molecule has 6 heteroatoms. The molecule has 0 aliphatic rings. The van der Waals surface area contributed by atoms with Crippen molar-refractivity contribution in [3.05, 3.63) is 36.4 Å². The van der Waals surface area contributed by atoms with Crippen LogP contribution in [0.3, 0.4) is 0 Å². The van der Waals surface area contributed by atoms with E-state index < -0.39 is 4.92 Å². The number of nitro groups is 1. The van der Waals surface area contributed by atoms with E-state index in [-0.39, 0.29) is 17.1 Å². The second-order valence-corrected chi connectivity index (χ2v) is 4.14. The summed E-state index contributed by atoms with van der Waals surface area (Å²) in [5.41, 5.74) is 0.183. The van der Waals surface area contributed by atoms with Gasteiger partial charge in [0.25, 0.3) is 5.69 Å². The van der Waals surface area contributed by atoms with Crippen molar-refractivity contribution in [1.82, 2.24) is 0 Å². The minimum atomic E-state index is -0.564. The van der Waals surface area contributed by atoms with Crippen LogP contribution in [0, 0.1) is 25.0 Å². The number of nitriles is 1. The van der Waals surface area contributed by atoms with Crippen LogP contribution in [0.15, 0.2) is 12.1 Å². The maximum Gasteiger partial charge on any atom is 0.292 e. The highest BCUT2D eigenvalue weighted by Gasteiger charge is 2.19. The lowest BCUT2D eigenvalue weighted by atomic mass is 10.1. The highest BCUT2D eigenvalue weighted by atomic mass is 127. The largest absolute Gasteiger partial charge is 0.292 e. The molecule has 0 radical (unpaired) electrons. The Morgan fingerprint density at radius 1 is 1.64 bits per heavy atom. The molecule has 1 aromatic rings. The Balaban J connectivity index is 3.38.